The van der Waals surface area contributed by atoms with Crippen LogP contribution in [0.3, 0.4) is 0 Å². The molecule has 0 aromatic heterocycles. The highest BCUT2D eigenvalue weighted by atomic mass is 16.5. The Morgan fingerprint density at radius 1 is 1.40 bits per heavy atom. The normalized spacial score (nSPS) is 26.6. The number of hydrogen-bond donors (Lipinski definition) is 1. The Balaban J connectivity index is 2.50. The predicted molar refractivity (Wildman–Crippen MR) is 79.4 cm³/mol. The minimum absolute atomic E-state index is 0.112. The standard InChI is InChI=1S/C17H22O3/c1-4-14-12(2)17(20-3,16(18)19)11-10-15(14)13-8-6-5-7-9-13/h5-9,12H,4,10-11H2,1-3H3,(H,18,19). The summed E-state index contributed by atoms with van der Waals surface area (Å²) in [4.78, 5) is 11.7. The maximum absolute atomic E-state index is 11.7. The van der Waals surface area contributed by atoms with E-state index in [0.29, 0.717) is 6.42 Å². The molecule has 1 aliphatic carbocycles. The molecule has 0 heterocycles. The molecule has 0 amide bonds. The second kappa shape index (κ2) is 5.80. The molecule has 0 aliphatic heterocycles. The van der Waals surface area contributed by atoms with E-state index in [1.54, 1.807) is 0 Å². The molecule has 0 saturated carbocycles. The largest absolute Gasteiger partial charge is 0.479 e. The predicted octanol–water partition coefficient (Wildman–Crippen LogP) is 3.75. The van der Waals surface area contributed by atoms with Gasteiger partial charge in [0.05, 0.1) is 0 Å². The number of aliphatic carboxylic acids is 1. The minimum Gasteiger partial charge on any atom is -0.479 e. The molecule has 3 heteroatoms. The van der Waals surface area contributed by atoms with Crippen molar-refractivity contribution in [2.75, 3.05) is 7.11 Å². The van der Waals surface area contributed by atoms with Crippen LogP contribution in [0.25, 0.3) is 5.57 Å². The average molecular weight is 274 g/mol. The third-order valence-corrected chi connectivity index (χ3v) is 4.59. The molecule has 2 rings (SSSR count). The van der Waals surface area contributed by atoms with Crippen LogP contribution in [0.4, 0.5) is 0 Å². The lowest BCUT2D eigenvalue weighted by Crippen LogP contribution is -2.49. The third kappa shape index (κ3) is 2.27. The van der Waals surface area contributed by atoms with Gasteiger partial charge in [-0.1, -0.05) is 49.8 Å². The maximum Gasteiger partial charge on any atom is 0.336 e. The first kappa shape index (κ1) is 14.8. The second-order valence-corrected chi connectivity index (χ2v) is 5.34. The Hall–Kier alpha value is -1.61. The minimum atomic E-state index is -1.08. The molecule has 2 atom stereocenters. The number of hydrogen-bond acceptors (Lipinski definition) is 2. The van der Waals surface area contributed by atoms with Gasteiger partial charge in [0.25, 0.3) is 0 Å². The number of methoxy groups -OCH3 is 1. The Morgan fingerprint density at radius 2 is 2.05 bits per heavy atom. The van der Waals surface area contributed by atoms with Crippen LogP contribution in [0.2, 0.25) is 0 Å². The summed E-state index contributed by atoms with van der Waals surface area (Å²) in [5.74, 6) is -0.968. The Kier molecular flexibility index (Phi) is 4.29. The van der Waals surface area contributed by atoms with E-state index < -0.39 is 11.6 Å². The van der Waals surface area contributed by atoms with Gasteiger partial charge in [-0.25, -0.2) is 4.79 Å². The number of carbonyl (C=O) groups is 1. The van der Waals surface area contributed by atoms with Gasteiger partial charge in [0.2, 0.25) is 0 Å². The summed E-state index contributed by atoms with van der Waals surface area (Å²) in [5.41, 5.74) is 2.61. The van der Waals surface area contributed by atoms with E-state index in [1.807, 2.05) is 25.1 Å². The Bertz CT molecular complexity index is 518. The molecule has 1 N–H and O–H groups in total. The zero-order valence-electron chi connectivity index (χ0n) is 12.3. The van der Waals surface area contributed by atoms with Gasteiger partial charge in [0.15, 0.2) is 5.60 Å². The molecule has 0 fully saturated rings. The summed E-state index contributed by atoms with van der Waals surface area (Å²) < 4.78 is 5.44. The lowest BCUT2D eigenvalue weighted by atomic mass is 9.70. The summed E-state index contributed by atoms with van der Waals surface area (Å²) in [6.45, 7) is 4.06. The van der Waals surface area contributed by atoms with Gasteiger partial charge in [-0.2, -0.15) is 0 Å². The molecule has 0 spiro atoms. The SMILES string of the molecule is CCC1=C(c2ccccc2)CCC(OC)(C(=O)O)C1C. The van der Waals surface area contributed by atoms with E-state index in [9.17, 15) is 9.90 Å². The van der Waals surface area contributed by atoms with Gasteiger partial charge >= 0.3 is 5.97 Å². The molecular weight excluding hydrogens is 252 g/mol. The second-order valence-electron chi connectivity index (χ2n) is 5.34. The topological polar surface area (TPSA) is 46.5 Å². The number of carboxylic acids is 1. The van der Waals surface area contributed by atoms with Crippen LogP contribution in [0.1, 0.15) is 38.7 Å². The maximum atomic E-state index is 11.7. The fourth-order valence-electron chi connectivity index (χ4n) is 3.38. The highest BCUT2D eigenvalue weighted by molar-refractivity contribution is 5.82. The van der Waals surface area contributed by atoms with Crippen molar-refractivity contribution in [2.45, 2.75) is 38.7 Å². The first-order valence-corrected chi connectivity index (χ1v) is 7.12. The lowest BCUT2D eigenvalue weighted by Gasteiger charge is -2.40. The van der Waals surface area contributed by atoms with Crippen molar-refractivity contribution in [1.82, 2.24) is 0 Å². The highest BCUT2D eigenvalue weighted by Gasteiger charge is 2.48. The number of carboxylic acid groups (broad SMARTS) is 1. The fourth-order valence-corrected chi connectivity index (χ4v) is 3.38. The molecule has 0 bridgehead atoms. The first-order valence-electron chi connectivity index (χ1n) is 7.12. The average Bonchev–Trinajstić information content (AvgIpc) is 2.47. The monoisotopic (exact) mass is 274 g/mol. The van der Waals surface area contributed by atoms with Crippen molar-refractivity contribution in [3.63, 3.8) is 0 Å². The zero-order valence-corrected chi connectivity index (χ0v) is 12.3. The summed E-state index contributed by atoms with van der Waals surface area (Å²) in [5, 5.41) is 9.58. The van der Waals surface area contributed by atoms with Crippen LogP contribution in [0, 0.1) is 5.92 Å². The molecule has 108 valence electrons. The van der Waals surface area contributed by atoms with Crippen molar-refractivity contribution < 1.29 is 14.6 Å². The van der Waals surface area contributed by atoms with Gasteiger partial charge in [0.1, 0.15) is 0 Å². The van der Waals surface area contributed by atoms with Crippen LogP contribution in [0.5, 0.6) is 0 Å². The van der Waals surface area contributed by atoms with Crippen molar-refractivity contribution in [1.29, 1.82) is 0 Å². The first-order chi connectivity index (χ1) is 9.56. The number of rotatable bonds is 4. The van der Waals surface area contributed by atoms with Crippen LogP contribution in [-0.2, 0) is 9.53 Å². The molecule has 1 aromatic carbocycles. The van der Waals surface area contributed by atoms with E-state index >= 15 is 0 Å². The van der Waals surface area contributed by atoms with Gasteiger partial charge in [-0.15, -0.1) is 0 Å². The van der Waals surface area contributed by atoms with E-state index in [1.165, 1.54) is 23.8 Å². The van der Waals surface area contributed by atoms with Crippen molar-refractivity contribution in [2.24, 2.45) is 5.92 Å². The van der Waals surface area contributed by atoms with Crippen LogP contribution in [-0.4, -0.2) is 23.8 Å². The van der Waals surface area contributed by atoms with E-state index in [0.717, 1.165) is 12.8 Å². The molecule has 3 nitrogen and oxygen atoms in total. The smallest absolute Gasteiger partial charge is 0.336 e. The Morgan fingerprint density at radius 3 is 2.55 bits per heavy atom. The lowest BCUT2D eigenvalue weighted by molar-refractivity contribution is -0.169. The molecule has 1 aromatic rings. The van der Waals surface area contributed by atoms with Gasteiger partial charge in [0, 0.05) is 13.0 Å². The molecular formula is C17H22O3. The van der Waals surface area contributed by atoms with Crippen LogP contribution in [0.15, 0.2) is 35.9 Å². The molecule has 0 saturated heterocycles. The van der Waals surface area contributed by atoms with Crippen molar-refractivity contribution in [3.05, 3.63) is 41.5 Å². The van der Waals surface area contributed by atoms with Crippen molar-refractivity contribution in [3.8, 4) is 0 Å². The third-order valence-electron chi connectivity index (χ3n) is 4.59. The highest BCUT2D eigenvalue weighted by Crippen LogP contribution is 2.44. The van der Waals surface area contributed by atoms with Gasteiger partial charge in [-0.3, -0.25) is 0 Å². The quantitative estimate of drug-likeness (QED) is 0.909. The number of benzene rings is 1. The van der Waals surface area contributed by atoms with Crippen molar-refractivity contribution >= 4 is 11.5 Å². The van der Waals surface area contributed by atoms with Gasteiger partial charge < -0.3 is 9.84 Å². The van der Waals surface area contributed by atoms with E-state index in [4.69, 9.17) is 4.74 Å². The summed E-state index contributed by atoms with van der Waals surface area (Å²) in [6.07, 6.45) is 2.12. The van der Waals surface area contributed by atoms with Gasteiger partial charge in [-0.05, 0) is 30.4 Å². The zero-order chi connectivity index (χ0) is 14.8. The molecule has 2 unspecified atom stereocenters. The number of allylic oxidation sites excluding steroid dienone is 1. The molecule has 1 aliphatic rings. The summed E-state index contributed by atoms with van der Waals surface area (Å²) in [7, 11) is 1.51. The van der Waals surface area contributed by atoms with Crippen LogP contribution < -0.4 is 0 Å². The fraction of sp³-hybridized carbons (Fsp3) is 0.471. The Labute approximate surface area is 120 Å². The summed E-state index contributed by atoms with van der Waals surface area (Å²) >= 11 is 0. The van der Waals surface area contributed by atoms with E-state index in [-0.39, 0.29) is 5.92 Å². The van der Waals surface area contributed by atoms with E-state index in [2.05, 4.69) is 19.1 Å². The molecule has 0 radical (unpaired) electrons. The number of ether oxygens (including phenoxy) is 1. The summed E-state index contributed by atoms with van der Waals surface area (Å²) in [6, 6.07) is 10.2. The van der Waals surface area contributed by atoms with Crippen LogP contribution >= 0.6 is 0 Å². The molecule has 20 heavy (non-hydrogen) atoms.